The van der Waals surface area contributed by atoms with Crippen molar-refractivity contribution < 1.29 is 4.74 Å². The predicted octanol–water partition coefficient (Wildman–Crippen LogP) is 4.64. The Labute approximate surface area is 113 Å². The summed E-state index contributed by atoms with van der Waals surface area (Å²) >= 11 is 3.65. The van der Waals surface area contributed by atoms with Gasteiger partial charge < -0.3 is 4.74 Å². The largest absolute Gasteiger partial charge is 0.493 e. The van der Waals surface area contributed by atoms with Gasteiger partial charge in [0.15, 0.2) is 0 Å². The van der Waals surface area contributed by atoms with Crippen molar-refractivity contribution in [2.75, 3.05) is 11.9 Å². The minimum atomic E-state index is 0.374. The van der Waals surface area contributed by atoms with Crippen LogP contribution in [0.1, 0.15) is 36.8 Å². The lowest BCUT2D eigenvalue weighted by molar-refractivity contribution is 0.174. The molecule has 2 heteroatoms. The van der Waals surface area contributed by atoms with Crippen molar-refractivity contribution in [3.63, 3.8) is 0 Å². The lowest BCUT2D eigenvalue weighted by Gasteiger charge is -2.26. The average molecular weight is 297 g/mol. The fourth-order valence-electron chi connectivity index (χ4n) is 2.48. The van der Waals surface area contributed by atoms with Crippen LogP contribution >= 0.6 is 15.9 Å². The van der Waals surface area contributed by atoms with Crippen LogP contribution in [0, 0.1) is 19.3 Å². The Morgan fingerprint density at radius 1 is 1.18 bits per heavy atom. The maximum absolute atomic E-state index is 5.99. The molecule has 1 aliphatic rings. The van der Waals surface area contributed by atoms with Crippen LogP contribution in [0.5, 0.6) is 5.75 Å². The Hall–Kier alpha value is -0.500. The van der Waals surface area contributed by atoms with Gasteiger partial charge in [0.1, 0.15) is 5.75 Å². The van der Waals surface area contributed by atoms with E-state index >= 15 is 0 Å². The number of hydrogen-bond donors (Lipinski definition) is 0. The van der Waals surface area contributed by atoms with Crippen molar-refractivity contribution in [1.82, 2.24) is 0 Å². The average Bonchev–Trinajstić information content (AvgIpc) is 2.80. The Morgan fingerprint density at radius 2 is 1.88 bits per heavy atom. The molecule has 1 aromatic carbocycles. The molecule has 17 heavy (non-hydrogen) atoms. The molecule has 0 N–H and O–H groups in total. The maximum Gasteiger partial charge on any atom is 0.119 e. The van der Waals surface area contributed by atoms with Gasteiger partial charge in [-0.1, -0.05) is 34.8 Å². The fourth-order valence-corrected chi connectivity index (χ4v) is 3.20. The third kappa shape index (κ3) is 3.04. The molecule has 1 aromatic rings. The van der Waals surface area contributed by atoms with E-state index in [1.54, 1.807) is 0 Å². The van der Waals surface area contributed by atoms with Gasteiger partial charge in [0, 0.05) is 10.7 Å². The van der Waals surface area contributed by atoms with Crippen molar-refractivity contribution in [2.45, 2.75) is 39.5 Å². The van der Waals surface area contributed by atoms with E-state index in [9.17, 15) is 0 Å². The van der Waals surface area contributed by atoms with Gasteiger partial charge in [0.25, 0.3) is 0 Å². The highest BCUT2D eigenvalue weighted by Crippen LogP contribution is 2.40. The summed E-state index contributed by atoms with van der Waals surface area (Å²) in [5.41, 5.74) is 3.01. The molecule has 1 nitrogen and oxygen atoms in total. The molecule has 1 aliphatic carbocycles. The highest BCUT2D eigenvalue weighted by atomic mass is 79.9. The SMILES string of the molecule is Cc1ccc(OCC2(CBr)CCCC2)cc1C. The number of halogens is 1. The van der Waals surface area contributed by atoms with Crippen LogP contribution in [0.3, 0.4) is 0 Å². The zero-order chi connectivity index (χ0) is 12.3. The molecule has 1 saturated carbocycles. The van der Waals surface area contributed by atoms with Crippen LogP contribution in [0.2, 0.25) is 0 Å². The summed E-state index contributed by atoms with van der Waals surface area (Å²) in [7, 11) is 0. The first kappa shape index (κ1) is 12.9. The highest BCUT2D eigenvalue weighted by molar-refractivity contribution is 9.09. The zero-order valence-corrected chi connectivity index (χ0v) is 12.3. The first-order valence-corrected chi connectivity index (χ1v) is 7.53. The minimum Gasteiger partial charge on any atom is -0.493 e. The topological polar surface area (TPSA) is 9.23 Å². The van der Waals surface area contributed by atoms with E-state index in [1.807, 2.05) is 0 Å². The van der Waals surface area contributed by atoms with E-state index in [0.29, 0.717) is 5.41 Å². The second-order valence-electron chi connectivity index (χ2n) is 5.38. The van der Waals surface area contributed by atoms with E-state index < -0.39 is 0 Å². The van der Waals surface area contributed by atoms with Gasteiger partial charge >= 0.3 is 0 Å². The third-order valence-corrected chi connectivity index (χ3v) is 5.16. The lowest BCUT2D eigenvalue weighted by Crippen LogP contribution is -2.27. The second kappa shape index (κ2) is 5.43. The molecule has 2 rings (SSSR count). The van der Waals surface area contributed by atoms with Gasteiger partial charge in [0.05, 0.1) is 6.61 Å². The van der Waals surface area contributed by atoms with E-state index in [4.69, 9.17) is 4.74 Å². The van der Waals surface area contributed by atoms with Crippen LogP contribution in [-0.2, 0) is 0 Å². The number of hydrogen-bond acceptors (Lipinski definition) is 1. The van der Waals surface area contributed by atoms with Crippen molar-refractivity contribution in [1.29, 1.82) is 0 Å². The first-order chi connectivity index (χ1) is 8.15. The smallest absolute Gasteiger partial charge is 0.119 e. The summed E-state index contributed by atoms with van der Waals surface area (Å²) in [6, 6.07) is 6.37. The molecular weight excluding hydrogens is 276 g/mol. The Kier molecular flexibility index (Phi) is 4.13. The first-order valence-electron chi connectivity index (χ1n) is 6.41. The van der Waals surface area contributed by atoms with Gasteiger partial charge in [0.2, 0.25) is 0 Å². The predicted molar refractivity (Wildman–Crippen MR) is 76.1 cm³/mol. The Balaban J connectivity index is 1.99. The van der Waals surface area contributed by atoms with Crippen molar-refractivity contribution in [2.24, 2.45) is 5.41 Å². The van der Waals surface area contributed by atoms with Crippen LogP contribution < -0.4 is 4.74 Å². The molecule has 0 atom stereocenters. The molecule has 0 unspecified atom stereocenters. The molecule has 0 heterocycles. The fraction of sp³-hybridized carbons (Fsp3) is 0.600. The molecule has 0 amide bonds. The van der Waals surface area contributed by atoms with Gasteiger partial charge in [-0.2, -0.15) is 0 Å². The summed E-state index contributed by atoms with van der Waals surface area (Å²) in [5.74, 6) is 1.01. The highest BCUT2D eigenvalue weighted by Gasteiger charge is 2.33. The van der Waals surface area contributed by atoms with Gasteiger partial charge in [-0.3, -0.25) is 0 Å². The van der Waals surface area contributed by atoms with Crippen molar-refractivity contribution in [3.05, 3.63) is 29.3 Å². The quantitative estimate of drug-likeness (QED) is 0.736. The van der Waals surface area contributed by atoms with E-state index in [2.05, 4.69) is 48.0 Å². The van der Waals surface area contributed by atoms with E-state index in [-0.39, 0.29) is 0 Å². The van der Waals surface area contributed by atoms with E-state index in [0.717, 1.165) is 17.7 Å². The standard InChI is InChI=1S/C15H21BrO/c1-12-5-6-14(9-13(12)2)17-11-15(10-16)7-3-4-8-15/h5-6,9H,3-4,7-8,10-11H2,1-2H3. The molecule has 1 fully saturated rings. The summed E-state index contributed by atoms with van der Waals surface area (Å²) in [6.45, 7) is 5.12. The molecule has 0 aliphatic heterocycles. The monoisotopic (exact) mass is 296 g/mol. The van der Waals surface area contributed by atoms with Gasteiger partial charge in [-0.15, -0.1) is 0 Å². The van der Waals surface area contributed by atoms with Gasteiger partial charge in [-0.05, 0) is 49.9 Å². The molecule has 0 aromatic heterocycles. The number of aryl methyl sites for hydroxylation is 2. The number of ether oxygens (including phenoxy) is 1. The summed E-state index contributed by atoms with van der Waals surface area (Å²) < 4.78 is 5.99. The second-order valence-corrected chi connectivity index (χ2v) is 5.94. The lowest BCUT2D eigenvalue weighted by atomic mass is 9.90. The summed E-state index contributed by atoms with van der Waals surface area (Å²) in [4.78, 5) is 0. The minimum absolute atomic E-state index is 0.374. The van der Waals surface area contributed by atoms with Crippen LogP contribution in [0.15, 0.2) is 18.2 Å². The Morgan fingerprint density at radius 3 is 2.47 bits per heavy atom. The van der Waals surface area contributed by atoms with Crippen molar-refractivity contribution >= 4 is 15.9 Å². The third-order valence-electron chi connectivity index (χ3n) is 3.97. The summed E-state index contributed by atoms with van der Waals surface area (Å²) in [5, 5.41) is 1.06. The molecule has 0 saturated heterocycles. The molecule has 94 valence electrons. The van der Waals surface area contributed by atoms with Gasteiger partial charge in [-0.25, -0.2) is 0 Å². The zero-order valence-electron chi connectivity index (χ0n) is 10.8. The molecule has 0 bridgehead atoms. The molecule has 0 radical (unpaired) electrons. The summed E-state index contributed by atoms with van der Waals surface area (Å²) in [6.07, 6.45) is 5.29. The van der Waals surface area contributed by atoms with Crippen LogP contribution in [0.25, 0.3) is 0 Å². The van der Waals surface area contributed by atoms with Crippen molar-refractivity contribution in [3.8, 4) is 5.75 Å². The van der Waals surface area contributed by atoms with E-state index in [1.165, 1.54) is 36.8 Å². The molecule has 0 spiro atoms. The Bertz CT molecular complexity index is 381. The van der Waals surface area contributed by atoms with Crippen LogP contribution in [0.4, 0.5) is 0 Å². The number of rotatable bonds is 4. The van der Waals surface area contributed by atoms with Crippen LogP contribution in [-0.4, -0.2) is 11.9 Å². The number of alkyl halides is 1. The maximum atomic E-state index is 5.99. The number of benzene rings is 1. The normalized spacial score (nSPS) is 18.3. The molecular formula is C15H21BrO.